The molecule has 43 heavy (non-hydrogen) atoms. The van der Waals surface area contributed by atoms with Crippen molar-refractivity contribution in [3.8, 4) is 22.9 Å². The fourth-order valence-corrected chi connectivity index (χ4v) is 5.22. The largest absolute Gasteiger partial charge is 0.416 e. The van der Waals surface area contributed by atoms with E-state index >= 15 is 0 Å². The van der Waals surface area contributed by atoms with Crippen molar-refractivity contribution >= 4 is 34.1 Å². The van der Waals surface area contributed by atoms with Crippen molar-refractivity contribution in [1.29, 1.82) is 0 Å². The van der Waals surface area contributed by atoms with Crippen LogP contribution in [0.1, 0.15) is 0 Å². The molecular weight excluding hydrogens is 528 g/mol. The van der Waals surface area contributed by atoms with Gasteiger partial charge in [-0.05, 0) is 84.9 Å². The Morgan fingerprint density at radius 1 is 0.326 bits per heavy atom. The summed E-state index contributed by atoms with van der Waals surface area (Å²) >= 11 is 0. The van der Waals surface area contributed by atoms with Crippen LogP contribution in [0.15, 0.2) is 174 Å². The van der Waals surface area contributed by atoms with Crippen LogP contribution in [0.3, 0.4) is 0 Å². The van der Waals surface area contributed by atoms with Crippen molar-refractivity contribution in [2.45, 2.75) is 0 Å². The monoisotopic (exact) mass is 556 g/mol. The van der Waals surface area contributed by atoms with E-state index in [0.29, 0.717) is 11.8 Å². The highest BCUT2D eigenvalue weighted by Crippen LogP contribution is 2.45. The Hall–Kier alpha value is -5.94. The summed E-state index contributed by atoms with van der Waals surface area (Å²) in [6, 6.07) is 57.9. The molecule has 5 heteroatoms. The van der Waals surface area contributed by atoms with E-state index in [-0.39, 0.29) is 0 Å². The van der Waals surface area contributed by atoms with E-state index in [4.69, 9.17) is 4.42 Å². The second-order valence-electron chi connectivity index (χ2n) is 9.99. The Morgan fingerprint density at radius 2 is 0.651 bits per heavy atom. The highest BCUT2D eigenvalue weighted by molar-refractivity contribution is 5.91. The predicted octanol–water partition coefficient (Wildman–Crippen LogP) is 10.3. The van der Waals surface area contributed by atoms with Crippen LogP contribution in [0, 0.1) is 0 Å². The zero-order valence-corrected chi connectivity index (χ0v) is 23.4. The number of hydrogen-bond acceptors (Lipinski definition) is 5. The Balaban J connectivity index is 1.32. The molecular formula is C38H28N4O. The summed E-state index contributed by atoms with van der Waals surface area (Å²) in [5.41, 5.74) is 8.06. The molecule has 0 N–H and O–H groups in total. The number of nitrogens with zero attached hydrogens (tertiary/aromatic N) is 4. The number of rotatable bonds is 8. The number of benzene rings is 6. The minimum Gasteiger partial charge on any atom is -0.416 e. The van der Waals surface area contributed by atoms with Crippen molar-refractivity contribution in [2.75, 3.05) is 9.80 Å². The first kappa shape index (κ1) is 26.0. The molecule has 0 spiro atoms. The molecule has 206 valence electrons. The first-order valence-electron chi connectivity index (χ1n) is 14.2. The van der Waals surface area contributed by atoms with Gasteiger partial charge in [-0.15, -0.1) is 10.2 Å². The van der Waals surface area contributed by atoms with E-state index in [9.17, 15) is 0 Å². The average Bonchev–Trinajstić information content (AvgIpc) is 3.59. The molecule has 7 aromatic rings. The topological polar surface area (TPSA) is 45.4 Å². The maximum Gasteiger partial charge on any atom is 0.248 e. The zero-order chi connectivity index (χ0) is 28.8. The lowest BCUT2D eigenvalue weighted by Crippen LogP contribution is -2.16. The van der Waals surface area contributed by atoms with Crippen molar-refractivity contribution in [3.05, 3.63) is 170 Å². The molecule has 0 fully saturated rings. The van der Waals surface area contributed by atoms with E-state index in [1.165, 1.54) is 0 Å². The van der Waals surface area contributed by atoms with Crippen LogP contribution in [0.4, 0.5) is 34.1 Å². The second kappa shape index (κ2) is 11.9. The lowest BCUT2D eigenvalue weighted by Gasteiger charge is -2.33. The molecule has 0 atom stereocenters. The molecule has 7 rings (SSSR count). The standard InChI is InChI=1S/C38H28N4O/c1-5-15-29(16-6-1)37-39-40-38(43-37)30-25-27-34(28-26-30)42(33-21-11-4-12-22-33)36-24-14-13-23-35(36)41(31-17-7-2-8-18-31)32-19-9-3-10-20-32/h1-28H. The SMILES string of the molecule is c1ccc(-c2nnc(-c3ccc(N(c4ccccc4)c4ccccc4N(c4ccccc4)c4ccccc4)cc3)o2)cc1. The van der Waals surface area contributed by atoms with Gasteiger partial charge < -0.3 is 14.2 Å². The van der Waals surface area contributed by atoms with Gasteiger partial charge in [0, 0.05) is 33.9 Å². The van der Waals surface area contributed by atoms with Gasteiger partial charge in [-0.3, -0.25) is 0 Å². The first-order valence-corrected chi connectivity index (χ1v) is 14.2. The first-order chi connectivity index (χ1) is 21.3. The molecule has 6 aromatic carbocycles. The normalized spacial score (nSPS) is 10.8. The number of hydrogen-bond donors (Lipinski definition) is 0. The number of para-hydroxylation sites is 5. The number of anilines is 6. The number of aromatic nitrogens is 2. The van der Waals surface area contributed by atoms with E-state index < -0.39 is 0 Å². The van der Waals surface area contributed by atoms with Gasteiger partial charge >= 0.3 is 0 Å². The molecule has 0 radical (unpaired) electrons. The fraction of sp³-hybridized carbons (Fsp3) is 0. The summed E-state index contributed by atoms with van der Waals surface area (Å²) in [4.78, 5) is 4.57. The Bertz CT molecular complexity index is 1870. The van der Waals surface area contributed by atoms with Crippen LogP contribution in [-0.4, -0.2) is 10.2 Å². The predicted molar refractivity (Wildman–Crippen MR) is 175 cm³/mol. The van der Waals surface area contributed by atoms with Gasteiger partial charge in [-0.25, -0.2) is 0 Å². The third kappa shape index (κ3) is 5.39. The van der Waals surface area contributed by atoms with Gasteiger partial charge in [0.25, 0.3) is 0 Å². The minimum absolute atomic E-state index is 0.483. The van der Waals surface area contributed by atoms with E-state index in [0.717, 1.165) is 45.3 Å². The zero-order valence-electron chi connectivity index (χ0n) is 23.4. The molecule has 0 bridgehead atoms. The van der Waals surface area contributed by atoms with Gasteiger partial charge in [-0.2, -0.15) is 0 Å². The van der Waals surface area contributed by atoms with Gasteiger partial charge in [-0.1, -0.05) is 84.9 Å². The summed E-state index contributed by atoms with van der Waals surface area (Å²) in [6.07, 6.45) is 0. The van der Waals surface area contributed by atoms with E-state index in [1.54, 1.807) is 0 Å². The van der Waals surface area contributed by atoms with Gasteiger partial charge in [0.1, 0.15) is 0 Å². The lowest BCUT2D eigenvalue weighted by atomic mass is 10.1. The highest BCUT2D eigenvalue weighted by Gasteiger charge is 2.22. The van der Waals surface area contributed by atoms with Crippen molar-refractivity contribution in [3.63, 3.8) is 0 Å². The third-order valence-corrected chi connectivity index (χ3v) is 7.22. The molecule has 5 nitrogen and oxygen atoms in total. The van der Waals surface area contributed by atoms with Crippen LogP contribution in [-0.2, 0) is 0 Å². The third-order valence-electron chi connectivity index (χ3n) is 7.22. The highest BCUT2D eigenvalue weighted by atomic mass is 16.4. The summed E-state index contributed by atoms with van der Waals surface area (Å²) in [5.74, 6) is 0.984. The second-order valence-corrected chi connectivity index (χ2v) is 9.99. The van der Waals surface area contributed by atoms with Gasteiger partial charge in [0.15, 0.2) is 0 Å². The molecule has 0 aliphatic rings. The van der Waals surface area contributed by atoms with Crippen LogP contribution in [0.25, 0.3) is 22.9 Å². The molecule has 0 aliphatic heterocycles. The maximum atomic E-state index is 6.03. The molecule has 0 saturated heterocycles. The van der Waals surface area contributed by atoms with Gasteiger partial charge in [0.05, 0.1) is 11.4 Å². The molecule has 0 aliphatic carbocycles. The smallest absolute Gasteiger partial charge is 0.248 e. The quantitative estimate of drug-likeness (QED) is 0.186. The van der Waals surface area contributed by atoms with Gasteiger partial charge in [0.2, 0.25) is 11.8 Å². The summed E-state index contributed by atoms with van der Waals surface area (Å²) in [7, 11) is 0. The van der Waals surface area contributed by atoms with Crippen molar-refractivity contribution < 1.29 is 4.42 Å². The molecule has 0 unspecified atom stereocenters. The summed E-state index contributed by atoms with van der Waals surface area (Å²) < 4.78 is 6.03. The van der Waals surface area contributed by atoms with E-state index in [1.807, 2.05) is 60.7 Å². The Kier molecular flexibility index (Phi) is 7.19. The van der Waals surface area contributed by atoms with E-state index in [2.05, 4.69) is 129 Å². The fourth-order valence-electron chi connectivity index (χ4n) is 5.22. The minimum atomic E-state index is 0.483. The molecule has 0 saturated carbocycles. The summed E-state index contributed by atoms with van der Waals surface area (Å²) in [6.45, 7) is 0. The lowest BCUT2D eigenvalue weighted by molar-refractivity contribution is 0.584. The van der Waals surface area contributed by atoms with Crippen LogP contribution in [0.2, 0.25) is 0 Å². The molecule has 1 heterocycles. The Morgan fingerprint density at radius 3 is 1.07 bits per heavy atom. The molecule has 0 amide bonds. The summed E-state index contributed by atoms with van der Waals surface area (Å²) in [5, 5.41) is 8.59. The molecule has 1 aromatic heterocycles. The maximum absolute atomic E-state index is 6.03. The average molecular weight is 557 g/mol. The van der Waals surface area contributed by atoms with Crippen LogP contribution in [0.5, 0.6) is 0 Å². The Labute approximate surface area is 250 Å². The van der Waals surface area contributed by atoms with Crippen molar-refractivity contribution in [1.82, 2.24) is 10.2 Å². The van der Waals surface area contributed by atoms with Crippen LogP contribution >= 0.6 is 0 Å². The van der Waals surface area contributed by atoms with Crippen molar-refractivity contribution in [2.24, 2.45) is 0 Å². The van der Waals surface area contributed by atoms with Crippen LogP contribution < -0.4 is 9.80 Å².